The topological polar surface area (TPSA) is 57.6 Å². The van der Waals surface area contributed by atoms with Gasteiger partial charge >= 0.3 is 5.97 Å². The van der Waals surface area contributed by atoms with Crippen molar-refractivity contribution in [3.63, 3.8) is 0 Å². The molecule has 1 saturated carbocycles. The van der Waals surface area contributed by atoms with Crippen LogP contribution in [0.25, 0.3) is 0 Å². The summed E-state index contributed by atoms with van der Waals surface area (Å²) >= 11 is 6.07. The lowest BCUT2D eigenvalue weighted by molar-refractivity contribution is -0.131. The van der Waals surface area contributed by atoms with E-state index < -0.39 is 5.97 Å². The molecule has 4 nitrogen and oxygen atoms in total. The Bertz CT molecular complexity index is 802. The molecule has 1 amide bonds. The molecular formula is C19H17ClFNO3. The quantitative estimate of drug-likeness (QED) is 0.877. The summed E-state index contributed by atoms with van der Waals surface area (Å²) in [5.41, 5.74) is 1.46. The van der Waals surface area contributed by atoms with E-state index >= 15 is 0 Å². The van der Waals surface area contributed by atoms with Crippen LogP contribution in [0.5, 0.6) is 0 Å². The Morgan fingerprint density at radius 3 is 2.52 bits per heavy atom. The number of rotatable bonds is 5. The van der Waals surface area contributed by atoms with E-state index in [1.165, 1.54) is 18.2 Å². The van der Waals surface area contributed by atoms with Crippen molar-refractivity contribution >= 4 is 23.5 Å². The van der Waals surface area contributed by atoms with E-state index in [2.05, 4.69) is 0 Å². The van der Waals surface area contributed by atoms with Crippen molar-refractivity contribution in [2.45, 2.75) is 18.9 Å². The lowest BCUT2D eigenvalue weighted by Crippen LogP contribution is -2.28. The normalized spacial score (nSPS) is 18.7. The van der Waals surface area contributed by atoms with E-state index in [1.807, 2.05) is 0 Å². The minimum Gasteiger partial charge on any atom is -0.478 e. The lowest BCUT2D eigenvalue weighted by atomic mass is 10.1. The molecule has 0 aliphatic heterocycles. The number of halogens is 2. The summed E-state index contributed by atoms with van der Waals surface area (Å²) in [5.74, 6) is -1.87. The predicted molar refractivity (Wildman–Crippen MR) is 92.1 cm³/mol. The van der Waals surface area contributed by atoms with E-state index in [4.69, 9.17) is 16.7 Å². The molecule has 2 aromatic carbocycles. The monoisotopic (exact) mass is 361 g/mol. The fraction of sp³-hybridized carbons (Fsp3) is 0.263. The van der Waals surface area contributed by atoms with E-state index in [0.29, 0.717) is 23.6 Å². The Hall–Kier alpha value is -2.40. The van der Waals surface area contributed by atoms with E-state index in [0.717, 1.165) is 5.56 Å². The van der Waals surface area contributed by atoms with Gasteiger partial charge in [0.2, 0.25) is 5.91 Å². The van der Waals surface area contributed by atoms with Gasteiger partial charge in [-0.25, -0.2) is 9.18 Å². The van der Waals surface area contributed by atoms with Crippen LogP contribution in [0, 0.1) is 11.7 Å². The Morgan fingerprint density at radius 1 is 1.24 bits per heavy atom. The van der Waals surface area contributed by atoms with Crippen LogP contribution >= 0.6 is 11.6 Å². The Labute approximate surface area is 149 Å². The Balaban J connectivity index is 1.65. The number of carboxylic acid groups (broad SMARTS) is 1. The average Bonchev–Trinajstić information content (AvgIpc) is 3.34. The molecule has 0 radical (unpaired) electrons. The van der Waals surface area contributed by atoms with Gasteiger partial charge in [0.25, 0.3) is 0 Å². The van der Waals surface area contributed by atoms with Gasteiger partial charge < -0.3 is 10.0 Å². The van der Waals surface area contributed by atoms with Gasteiger partial charge in [0.05, 0.1) is 5.56 Å². The molecule has 6 heteroatoms. The largest absolute Gasteiger partial charge is 0.478 e. The fourth-order valence-electron chi connectivity index (χ4n) is 3.04. The summed E-state index contributed by atoms with van der Waals surface area (Å²) in [5, 5.41) is 9.26. The van der Waals surface area contributed by atoms with Crippen LogP contribution in [0.3, 0.4) is 0 Å². The molecule has 2 unspecified atom stereocenters. The van der Waals surface area contributed by atoms with Crippen molar-refractivity contribution in [2.75, 3.05) is 7.05 Å². The average molecular weight is 362 g/mol. The lowest BCUT2D eigenvalue weighted by Gasteiger charge is -2.18. The number of hydrogen-bond acceptors (Lipinski definition) is 2. The van der Waals surface area contributed by atoms with Gasteiger partial charge in [-0.1, -0.05) is 29.8 Å². The van der Waals surface area contributed by atoms with Crippen LogP contribution in [0.2, 0.25) is 5.02 Å². The maximum atomic E-state index is 14.0. The molecule has 0 bridgehead atoms. The molecular weight excluding hydrogens is 345 g/mol. The summed E-state index contributed by atoms with van der Waals surface area (Å²) in [6.45, 7) is 0.368. The predicted octanol–water partition coefficient (Wildman–Crippen LogP) is 3.94. The first-order valence-electron chi connectivity index (χ1n) is 7.89. The molecule has 1 N–H and O–H groups in total. The first-order valence-corrected chi connectivity index (χ1v) is 8.27. The highest BCUT2D eigenvalue weighted by atomic mass is 35.5. The molecule has 1 aliphatic carbocycles. The number of carbonyl (C=O) groups is 2. The molecule has 0 spiro atoms. The zero-order valence-electron chi connectivity index (χ0n) is 13.6. The van der Waals surface area contributed by atoms with Crippen molar-refractivity contribution in [3.05, 3.63) is 70.0 Å². The fourth-order valence-corrected chi connectivity index (χ4v) is 3.34. The highest BCUT2D eigenvalue weighted by Gasteiger charge is 2.47. The third kappa shape index (κ3) is 3.66. The molecule has 0 aromatic heterocycles. The van der Waals surface area contributed by atoms with Crippen LogP contribution in [0.1, 0.15) is 33.8 Å². The van der Waals surface area contributed by atoms with Crippen LogP contribution in [-0.2, 0) is 11.3 Å². The maximum absolute atomic E-state index is 14.0. The Morgan fingerprint density at radius 2 is 1.92 bits per heavy atom. The van der Waals surface area contributed by atoms with Crippen LogP contribution in [0.15, 0.2) is 42.5 Å². The van der Waals surface area contributed by atoms with Crippen LogP contribution < -0.4 is 0 Å². The van der Waals surface area contributed by atoms with E-state index in [1.54, 1.807) is 36.2 Å². The maximum Gasteiger partial charge on any atom is 0.335 e. The summed E-state index contributed by atoms with van der Waals surface area (Å²) in [4.78, 5) is 25.0. The molecule has 1 aliphatic rings. The standard InChI is InChI=1S/C19H17ClFNO3/c1-22(10-11-5-7-12(8-6-11)19(24)25)18(23)14-9-13(14)17-15(20)3-2-4-16(17)21/h2-8,13-14H,9-10H2,1H3,(H,24,25). The van der Waals surface area contributed by atoms with Gasteiger partial charge in [-0.2, -0.15) is 0 Å². The molecule has 0 saturated heterocycles. The van der Waals surface area contributed by atoms with Crippen molar-refractivity contribution in [2.24, 2.45) is 5.92 Å². The number of carboxylic acids is 1. The zero-order chi connectivity index (χ0) is 18.1. The number of benzene rings is 2. The number of amides is 1. The third-order valence-electron chi connectivity index (χ3n) is 4.47. The van der Waals surface area contributed by atoms with Crippen molar-refractivity contribution in [1.82, 2.24) is 4.90 Å². The van der Waals surface area contributed by atoms with Crippen LogP contribution in [0.4, 0.5) is 4.39 Å². The van der Waals surface area contributed by atoms with Crippen LogP contribution in [-0.4, -0.2) is 28.9 Å². The number of carbonyl (C=O) groups excluding carboxylic acids is 1. The highest BCUT2D eigenvalue weighted by Crippen LogP contribution is 2.51. The van der Waals surface area contributed by atoms with Crippen molar-refractivity contribution < 1.29 is 19.1 Å². The SMILES string of the molecule is CN(Cc1ccc(C(=O)O)cc1)C(=O)C1CC1c1c(F)cccc1Cl. The molecule has 1 fully saturated rings. The van der Waals surface area contributed by atoms with Gasteiger partial charge in [0, 0.05) is 36.0 Å². The molecule has 130 valence electrons. The zero-order valence-corrected chi connectivity index (χ0v) is 14.3. The third-order valence-corrected chi connectivity index (χ3v) is 4.80. The summed E-state index contributed by atoms with van der Waals surface area (Å²) < 4.78 is 14.0. The second kappa shape index (κ2) is 6.84. The first kappa shape index (κ1) is 17.4. The van der Waals surface area contributed by atoms with Gasteiger partial charge in [-0.05, 0) is 36.2 Å². The van der Waals surface area contributed by atoms with Gasteiger partial charge in [0.15, 0.2) is 0 Å². The molecule has 25 heavy (non-hydrogen) atoms. The molecule has 2 aromatic rings. The molecule has 2 atom stereocenters. The van der Waals surface area contributed by atoms with Crippen molar-refractivity contribution in [3.8, 4) is 0 Å². The molecule has 3 rings (SSSR count). The highest BCUT2D eigenvalue weighted by molar-refractivity contribution is 6.31. The van der Waals surface area contributed by atoms with Gasteiger partial charge in [-0.15, -0.1) is 0 Å². The first-order chi connectivity index (χ1) is 11.9. The number of hydrogen-bond donors (Lipinski definition) is 1. The van der Waals surface area contributed by atoms with Crippen molar-refractivity contribution in [1.29, 1.82) is 0 Å². The smallest absolute Gasteiger partial charge is 0.335 e. The van der Waals surface area contributed by atoms with Gasteiger partial charge in [-0.3, -0.25) is 4.79 Å². The summed E-state index contributed by atoms with van der Waals surface area (Å²) in [7, 11) is 1.69. The second-order valence-electron chi connectivity index (χ2n) is 6.28. The summed E-state index contributed by atoms with van der Waals surface area (Å²) in [6.07, 6.45) is 0.585. The van der Waals surface area contributed by atoms with E-state index in [9.17, 15) is 14.0 Å². The number of aromatic carboxylic acids is 1. The number of nitrogens with zero attached hydrogens (tertiary/aromatic N) is 1. The Kier molecular flexibility index (Phi) is 4.77. The minimum absolute atomic E-state index is 0.0633. The second-order valence-corrected chi connectivity index (χ2v) is 6.69. The summed E-state index contributed by atoms with van der Waals surface area (Å²) in [6, 6.07) is 10.9. The van der Waals surface area contributed by atoms with E-state index in [-0.39, 0.29) is 29.1 Å². The minimum atomic E-state index is -0.987. The van der Waals surface area contributed by atoms with Gasteiger partial charge in [0.1, 0.15) is 5.82 Å². The molecule has 0 heterocycles.